The summed E-state index contributed by atoms with van der Waals surface area (Å²) < 4.78 is 31.8. The molecule has 0 saturated heterocycles. The summed E-state index contributed by atoms with van der Waals surface area (Å²) in [6.45, 7) is 1.64. The molecule has 0 fully saturated rings. The molecule has 0 radical (unpaired) electrons. The third kappa shape index (κ3) is 3.27. The molecule has 6 N–H and O–H groups in total. The summed E-state index contributed by atoms with van der Waals surface area (Å²) in [6.07, 6.45) is 0. The van der Waals surface area contributed by atoms with Crippen LogP contribution in [0.25, 0.3) is 0 Å². The number of hydrogen-bond donors (Lipinski definition) is 4. The van der Waals surface area contributed by atoms with Crippen LogP contribution in [0.5, 0.6) is 0 Å². The molecule has 0 spiro atoms. The van der Waals surface area contributed by atoms with Gasteiger partial charge in [-0.05, 0) is 24.6 Å². The standard InChI is InChI=1S/C11H12N6O4S/c1-5-2-3-6(7(4-5)22(19,20)21)16-17-8-9(12)14-11(13)15-10(8)18/h2-4H,1H3,(H,19,20,21)(H5,12,13,14,15,18). The topological polar surface area (TPSA) is 177 Å². The van der Waals surface area contributed by atoms with Crippen molar-refractivity contribution in [3.8, 4) is 0 Å². The zero-order valence-electron chi connectivity index (χ0n) is 11.3. The second kappa shape index (κ2) is 5.54. The first kappa shape index (κ1) is 15.6. The van der Waals surface area contributed by atoms with Gasteiger partial charge in [-0.15, -0.1) is 10.2 Å². The van der Waals surface area contributed by atoms with Gasteiger partial charge >= 0.3 is 0 Å². The Balaban J connectivity index is 2.55. The van der Waals surface area contributed by atoms with Crippen LogP contribution in [-0.4, -0.2) is 22.9 Å². The Morgan fingerprint density at radius 1 is 1.27 bits per heavy atom. The first-order chi connectivity index (χ1) is 10.2. The van der Waals surface area contributed by atoms with Crippen molar-refractivity contribution >= 4 is 33.3 Å². The summed E-state index contributed by atoms with van der Waals surface area (Å²) in [5.74, 6) is -0.444. The number of benzene rings is 1. The minimum Gasteiger partial charge on any atom is -0.382 e. The first-order valence-electron chi connectivity index (χ1n) is 5.83. The van der Waals surface area contributed by atoms with E-state index in [-0.39, 0.29) is 23.1 Å². The van der Waals surface area contributed by atoms with Crippen LogP contribution in [0.2, 0.25) is 0 Å². The number of hydrogen-bond acceptors (Lipinski definition) is 8. The van der Waals surface area contributed by atoms with E-state index in [1.54, 1.807) is 13.0 Å². The number of azo groups is 1. The second-order valence-corrected chi connectivity index (χ2v) is 5.72. The van der Waals surface area contributed by atoms with Crippen molar-refractivity contribution in [2.24, 2.45) is 10.2 Å². The van der Waals surface area contributed by atoms with Gasteiger partial charge in [0.25, 0.3) is 15.7 Å². The smallest absolute Gasteiger partial charge is 0.296 e. The number of aromatic nitrogens is 2. The minimum atomic E-state index is -4.49. The molecule has 0 aliphatic rings. The Bertz CT molecular complexity index is 919. The van der Waals surface area contributed by atoms with Crippen molar-refractivity contribution in [1.29, 1.82) is 0 Å². The Morgan fingerprint density at radius 2 is 1.95 bits per heavy atom. The van der Waals surface area contributed by atoms with Gasteiger partial charge in [0.2, 0.25) is 5.95 Å². The molecule has 10 nitrogen and oxygen atoms in total. The summed E-state index contributed by atoms with van der Waals surface area (Å²) in [5, 5.41) is 7.22. The maximum Gasteiger partial charge on any atom is 0.296 e. The van der Waals surface area contributed by atoms with Gasteiger partial charge in [0, 0.05) is 0 Å². The summed E-state index contributed by atoms with van der Waals surface area (Å²) >= 11 is 0. The first-order valence-corrected chi connectivity index (χ1v) is 7.27. The Hall–Kier alpha value is -2.79. The molecule has 0 amide bonds. The number of aryl methyl sites for hydroxylation is 1. The highest BCUT2D eigenvalue weighted by Gasteiger charge is 2.16. The third-order valence-electron chi connectivity index (χ3n) is 2.59. The van der Waals surface area contributed by atoms with Crippen LogP contribution < -0.4 is 17.0 Å². The Labute approximate surface area is 124 Å². The van der Waals surface area contributed by atoms with Crippen molar-refractivity contribution in [3.63, 3.8) is 0 Å². The van der Waals surface area contributed by atoms with Crippen LogP contribution in [0.4, 0.5) is 23.1 Å². The van der Waals surface area contributed by atoms with Crippen LogP contribution in [0.3, 0.4) is 0 Å². The predicted molar refractivity (Wildman–Crippen MR) is 78.9 cm³/mol. The molecule has 1 aromatic carbocycles. The fourth-order valence-electron chi connectivity index (χ4n) is 1.61. The van der Waals surface area contributed by atoms with E-state index in [9.17, 15) is 17.8 Å². The average molecular weight is 324 g/mol. The maximum absolute atomic E-state index is 11.6. The van der Waals surface area contributed by atoms with Crippen LogP contribution in [0.15, 0.2) is 38.1 Å². The van der Waals surface area contributed by atoms with Crippen molar-refractivity contribution in [2.75, 3.05) is 11.5 Å². The lowest BCUT2D eigenvalue weighted by Gasteiger charge is -2.03. The molecule has 0 atom stereocenters. The maximum atomic E-state index is 11.6. The number of nitrogen functional groups attached to an aromatic ring is 2. The molecule has 2 aromatic rings. The number of anilines is 2. The van der Waals surface area contributed by atoms with Crippen LogP contribution >= 0.6 is 0 Å². The number of rotatable bonds is 3. The number of H-pyrrole nitrogens is 1. The molecular formula is C11H12N6O4S. The monoisotopic (exact) mass is 324 g/mol. The molecule has 0 unspecified atom stereocenters. The summed E-state index contributed by atoms with van der Waals surface area (Å²) in [4.78, 5) is 17.0. The molecule has 2 rings (SSSR count). The molecule has 0 aliphatic heterocycles. The van der Waals surface area contributed by atoms with Crippen molar-refractivity contribution in [1.82, 2.24) is 9.97 Å². The van der Waals surface area contributed by atoms with E-state index in [0.29, 0.717) is 5.56 Å². The number of aromatic amines is 1. The molecule has 1 heterocycles. The predicted octanol–water partition coefficient (Wildman–Crippen LogP) is 0.905. The quantitative estimate of drug-likeness (QED) is 0.478. The van der Waals surface area contributed by atoms with Crippen molar-refractivity contribution in [2.45, 2.75) is 11.8 Å². The van der Waals surface area contributed by atoms with E-state index in [1.165, 1.54) is 12.1 Å². The molecule has 0 aliphatic carbocycles. The molecule has 0 saturated carbocycles. The van der Waals surface area contributed by atoms with E-state index in [1.807, 2.05) is 0 Å². The van der Waals surface area contributed by atoms with Crippen LogP contribution in [0, 0.1) is 6.92 Å². The van der Waals surface area contributed by atoms with Crippen molar-refractivity contribution in [3.05, 3.63) is 34.1 Å². The highest BCUT2D eigenvalue weighted by atomic mass is 32.2. The second-order valence-electron chi connectivity index (χ2n) is 4.33. The van der Waals surface area contributed by atoms with Gasteiger partial charge in [-0.2, -0.15) is 13.4 Å². The fraction of sp³-hybridized carbons (Fsp3) is 0.0909. The van der Waals surface area contributed by atoms with E-state index >= 15 is 0 Å². The zero-order valence-corrected chi connectivity index (χ0v) is 12.1. The minimum absolute atomic E-state index is 0.149. The Morgan fingerprint density at radius 3 is 2.55 bits per heavy atom. The molecule has 0 bridgehead atoms. The lowest BCUT2D eigenvalue weighted by Crippen LogP contribution is -2.12. The van der Waals surface area contributed by atoms with Gasteiger partial charge in [0.1, 0.15) is 10.6 Å². The normalized spacial score (nSPS) is 11.9. The van der Waals surface area contributed by atoms with E-state index < -0.39 is 20.6 Å². The summed E-state index contributed by atoms with van der Waals surface area (Å²) in [5.41, 5.74) is 10.2. The lowest BCUT2D eigenvalue weighted by atomic mass is 10.2. The van der Waals surface area contributed by atoms with Crippen molar-refractivity contribution < 1.29 is 13.0 Å². The van der Waals surface area contributed by atoms with E-state index in [4.69, 9.17) is 11.5 Å². The lowest BCUT2D eigenvalue weighted by molar-refractivity contribution is 0.483. The zero-order chi connectivity index (χ0) is 16.5. The Kier molecular flexibility index (Phi) is 3.93. The molecule has 1 aromatic heterocycles. The summed E-state index contributed by atoms with van der Waals surface area (Å²) in [6, 6.07) is 4.12. The molecule has 116 valence electrons. The average Bonchev–Trinajstić information content (AvgIpc) is 2.37. The largest absolute Gasteiger partial charge is 0.382 e. The van der Waals surface area contributed by atoms with Gasteiger partial charge in [-0.25, -0.2) is 0 Å². The number of nitrogens with zero attached hydrogens (tertiary/aromatic N) is 3. The third-order valence-corrected chi connectivity index (χ3v) is 3.47. The van der Waals surface area contributed by atoms with Crippen LogP contribution in [0.1, 0.15) is 5.56 Å². The highest BCUT2D eigenvalue weighted by molar-refractivity contribution is 7.86. The molecule has 11 heteroatoms. The number of nitrogens with two attached hydrogens (primary N) is 2. The SMILES string of the molecule is Cc1ccc(N=Nc2c(N)nc(N)[nH]c2=O)c(S(=O)(=O)O)c1. The van der Waals surface area contributed by atoms with Gasteiger partial charge < -0.3 is 11.5 Å². The van der Waals surface area contributed by atoms with Gasteiger partial charge in [0.05, 0.1) is 0 Å². The van der Waals surface area contributed by atoms with Gasteiger partial charge in [-0.3, -0.25) is 14.3 Å². The van der Waals surface area contributed by atoms with E-state index in [0.717, 1.165) is 0 Å². The van der Waals surface area contributed by atoms with E-state index in [2.05, 4.69) is 20.2 Å². The fourth-order valence-corrected chi connectivity index (χ4v) is 2.32. The number of nitrogens with one attached hydrogen (secondary N) is 1. The molecular weight excluding hydrogens is 312 g/mol. The highest BCUT2D eigenvalue weighted by Crippen LogP contribution is 2.27. The van der Waals surface area contributed by atoms with Gasteiger partial charge in [0.15, 0.2) is 11.5 Å². The van der Waals surface area contributed by atoms with Gasteiger partial charge in [-0.1, -0.05) is 6.07 Å². The molecule has 22 heavy (non-hydrogen) atoms. The van der Waals surface area contributed by atoms with Crippen LogP contribution in [-0.2, 0) is 10.1 Å². The summed E-state index contributed by atoms with van der Waals surface area (Å²) in [7, 11) is -4.49.